The maximum atomic E-state index is 5.97. The molecule has 3 aromatic rings. The van der Waals surface area contributed by atoms with Crippen LogP contribution in [0.2, 0.25) is 10.0 Å². The molecule has 1 heterocycles. The Kier molecular flexibility index (Phi) is 5.67. The summed E-state index contributed by atoms with van der Waals surface area (Å²) in [6.07, 6.45) is 1.36. The van der Waals surface area contributed by atoms with Crippen LogP contribution in [0.25, 0.3) is 0 Å². The minimum absolute atomic E-state index is 0.337. The fraction of sp³-hybridized carbons (Fsp3) is 0.0556. The molecule has 0 radical (unpaired) electrons. The Labute approximate surface area is 150 Å². The lowest BCUT2D eigenvalue weighted by Crippen LogP contribution is -2.25. The number of halogens is 2. The second-order valence-electron chi connectivity index (χ2n) is 5.04. The molecule has 1 aromatic heterocycles. The first kappa shape index (κ1) is 16.7. The van der Waals surface area contributed by atoms with E-state index in [1.54, 1.807) is 6.20 Å². The lowest BCUT2D eigenvalue weighted by molar-refractivity contribution is 0.00878. The van der Waals surface area contributed by atoms with Crippen molar-refractivity contribution >= 4 is 29.0 Å². The topological polar surface area (TPSA) is 46.2 Å². The summed E-state index contributed by atoms with van der Waals surface area (Å²) in [7, 11) is 0. The number of hydrazine groups is 1. The Bertz CT molecular complexity index is 719. The SMILES string of the molecule is Clc1ccc(C(ONNc2ccccn2)c2ccc(Cl)cc2)cc1. The fourth-order valence-electron chi connectivity index (χ4n) is 2.18. The zero-order chi connectivity index (χ0) is 16.8. The number of nitrogens with zero attached hydrogens (tertiary/aromatic N) is 1. The van der Waals surface area contributed by atoms with Gasteiger partial charge in [-0.3, -0.25) is 10.3 Å². The van der Waals surface area contributed by atoms with Crippen LogP contribution in [0.5, 0.6) is 0 Å². The third-order valence-corrected chi connectivity index (χ3v) is 3.87. The molecule has 2 N–H and O–H groups in total. The van der Waals surface area contributed by atoms with Gasteiger partial charge < -0.3 is 0 Å². The normalized spacial score (nSPS) is 10.8. The molecule has 6 heteroatoms. The smallest absolute Gasteiger partial charge is 0.141 e. The number of nitrogens with one attached hydrogen (secondary N) is 2. The molecule has 0 spiro atoms. The van der Waals surface area contributed by atoms with Gasteiger partial charge in [-0.25, -0.2) is 4.98 Å². The molecule has 4 nitrogen and oxygen atoms in total. The van der Waals surface area contributed by atoms with Gasteiger partial charge in [0.1, 0.15) is 11.9 Å². The van der Waals surface area contributed by atoms with Gasteiger partial charge in [-0.2, -0.15) is 0 Å². The van der Waals surface area contributed by atoms with Gasteiger partial charge in [0.05, 0.1) is 0 Å². The summed E-state index contributed by atoms with van der Waals surface area (Å²) >= 11 is 11.9. The molecule has 0 amide bonds. The molecule has 0 saturated heterocycles. The van der Waals surface area contributed by atoms with Gasteiger partial charge in [0, 0.05) is 16.2 Å². The van der Waals surface area contributed by atoms with E-state index >= 15 is 0 Å². The highest BCUT2D eigenvalue weighted by atomic mass is 35.5. The Morgan fingerprint density at radius 3 is 1.88 bits per heavy atom. The molecule has 0 saturated carbocycles. The van der Waals surface area contributed by atoms with Gasteiger partial charge in [0.25, 0.3) is 0 Å². The minimum atomic E-state index is -0.337. The maximum absolute atomic E-state index is 5.97. The first-order chi connectivity index (χ1) is 11.7. The number of pyridine rings is 1. The molecule has 0 aliphatic carbocycles. The maximum Gasteiger partial charge on any atom is 0.141 e. The molecular formula is C18H15Cl2N3O. The molecule has 0 atom stereocenters. The zero-order valence-corrected chi connectivity index (χ0v) is 14.1. The standard InChI is InChI=1S/C18H15Cl2N3O/c19-15-8-4-13(5-9-15)18(14-6-10-16(20)11-7-14)24-23-22-17-3-1-2-12-21-17/h1-12,18,23H,(H,21,22). The van der Waals surface area contributed by atoms with Crippen LogP contribution in [-0.2, 0) is 4.84 Å². The summed E-state index contributed by atoms with van der Waals surface area (Å²) in [6.45, 7) is 0. The summed E-state index contributed by atoms with van der Waals surface area (Å²) in [4.78, 5) is 9.97. The summed E-state index contributed by atoms with van der Waals surface area (Å²) in [5.74, 6) is 0.656. The molecule has 0 aliphatic heterocycles. The zero-order valence-electron chi connectivity index (χ0n) is 12.6. The minimum Gasteiger partial charge on any atom is -0.283 e. The van der Waals surface area contributed by atoms with Crippen LogP contribution in [0, 0.1) is 0 Å². The van der Waals surface area contributed by atoms with E-state index in [2.05, 4.69) is 16.0 Å². The second kappa shape index (κ2) is 8.13. The van der Waals surface area contributed by atoms with Crippen LogP contribution in [-0.4, -0.2) is 4.98 Å². The Balaban J connectivity index is 1.76. The third-order valence-electron chi connectivity index (χ3n) is 3.37. The van der Waals surface area contributed by atoms with Crippen LogP contribution in [0.3, 0.4) is 0 Å². The van der Waals surface area contributed by atoms with Crippen molar-refractivity contribution in [2.24, 2.45) is 0 Å². The van der Waals surface area contributed by atoms with Crippen molar-refractivity contribution in [3.05, 3.63) is 94.1 Å². The molecule has 122 valence electrons. The van der Waals surface area contributed by atoms with Crippen LogP contribution in [0.4, 0.5) is 5.82 Å². The van der Waals surface area contributed by atoms with E-state index in [9.17, 15) is 0 Å². The van der Waals surface area contributed by atoms with Gasteiger partial charge in [-0.1, -0.05) is 53.5 Å². The van der Waals surface area contributed by atoms with E-state index in [0.717, 1.165) is 11.1 Å². The van der Waals surface area contributed by atoms with E-state index < -0.39 is 0 Å². The number of aromatic nitrogens is 1. The first-order valence-corrected chi connectivity index (χ1v) is 8.06. The van der Waals surface area contributed by atoms with Gasteiger partial charge in [0.15, 0.2) is 0 Å². The predicted molar refractivity (Wildman–Crippen MR) is 96.8 cm³/mol. The quantitative estimate of drug-likeness (QED) is 0.606. The summed E-state index contributed by atoms with van der Waals surface area (Å²) < 4.78 is 0. The van der Waals surface area contributed by atoms with Crippen LogP contribution < -0.4 is 11.0 Å². The molecule has 0 fully saturated rings. The van der Waals surface area contributed by atoms with Gasteiger partial charge in [0.2, 0.25) is 0 Å². The Morgan fingerprint density at radius 1 is 0.792 bits per heavy atom. The highest BCUT2D eigenvalue weighted by Crippen LogP contribution is 2.27. The van der Waals surface area contributed by atoms with Crippen LogP contribution in [0.1, 0.15) is 17.2 Å². The fourth-order valence-corrected chi connectivity index (χ4v) is 2.43. The monoisotopic (exact) mass is 359 g/mol. The Morgan fingerprint density at radius 2 is 1.38 bits per heavy atom. The third kappa shape index (κ3) is 4.46. The van der Waals surface area contributed by atoms with Gasteiger partial charge in [-0.05, 0) is 47.5 Å². The van der Waals surface area contributed by atoms with Crippen molar-refractivity contribution in [2.75, 3.05) is 5.43 Å². The number of hydrogen-bond donors (Lipinski definition) is 2. The van der Waals surface area contributed by atoms with E-state index in [4.69, 9.17) is 28.0 Å². The molecule has 24 heavy (non-hydrogen) atoms. The molecule has 0 unspecified atom stereocenters. The number of hydrogen-bond acceptors (Lipinski definition) is 4. The lowest BCUT2D eigenvalue weighted by Gasteiger charge is -2.19. The highest BCUT2D eigenvalue weighted by molar-refractivity contribution is 6.30. The number of rotatable bonds is 6. The van der Waals surface area contributed by atoms with Crippen molar-refractivity contribution in [2.45, 2.75) is 6.10 Å². The van der Waals surface area contributed by atoms with Crippen molar-refractivity contribution in [1.82, 2.24) is 10.6 Å². The molecule has 2 aromatic carbocycles. The molecular weight excluding hydrogens is 345 g/mol. The largest absolute Gasteiger partial charge is 0.283 e. The summed E-state index contributed by atoms with van der Waals surface area (Å²) in [6, 6.07) is 20.6. The lowest BCUT2D eigenvalue weighted by atomic mass is 10.0. The molecule has 0 aliphatic rings. The highest BCUT2D eigenvalue weighted by Gasteiger charge is 2.15. The van der Waals surface area contributed by atoms with E-state index in [1.807, 2.05) is 66.7 Å². The summed E-state index contributed by atoms with van der Waals surface area (Å²) in [5.41, 5.74) is 7.56. The van der Waals surface area contributed by atoms with Crippen LogP contribution >= 0.6 is 23.2 Å². The number of benzene rings is 2. The van der Waals surface area contributed by atoms with Crippen molar-refractivity contribution in [3.8, 4) is 0 Å². The van der Waals surface area contributed by atoms with E-state index in [1.165, 1.54) is 0 Å². The van der Waals surface area contributed by atoms with Gasteiger partial charge in [-0.15, -0.1) is 5.59 Å². The average molecular weight is 360 g/mol. The summed E-state index contributed by atoms with van der Waals surface area (Å²) in [5, 5.41) is 1.35. The van der Waals surface area contributed by atoms with E-state index in [0.29, 0.717) is 15.9 Å². The van der Waals surface area contributed by atoms with Crippen LogP contribution in [0.15, 0.2) is 72.9 Å². The van der Waals surface area contributed by atoms with Crippen molar-refractivity contribution < 1.29 is 4.84 Å². The first-order valence-electron chi connectivity index (χ1n) is 7.31. The van der Waals surface area contributed by atoms with Gasteiger partial charge >= 0.3 is 0 Å². The Hall–Kier alpha value is -2.11. The second-order valence-corrected chi connectivity index (χ2v) is 5.92. The molecule has 0 bridgehead atoms. The molecule has 3 rings (SSSR count). The van der Waals surface area contributed by atoms with Crippen molar-refractivity contribution in [1.29, 1.82) is 0 Å². The average Bonchev–Trinajstić information content (AvgIpc) is 2.62. The predicted octanol–water partition coefficient (Wildman–Crippen LogP) is 5.03. The number of anilines is 1. The van der Waals surface area contributed by atoms with E-state index in [-0.39, 0.29) is 6.10 Å². The van der Waals surface area contributed by atoms with Crippen molar-refractivity contribution in [3.63, 3.8) is 0 Å².